The maximum Gasteiger partial charge on any atom is 0.415 e. The molecule has 0 fully saturated rings. The molecule has 1 aromatic rings. The van der Waals surface area contributed by atoms with Crippen LogP contribution < -0.4 is 11.1 Å². The van der Waals surface area contributed by atoms with E-state index >= 15 is 0 Å². The van der Waals surface area contributed by atoms with Crippen molar-refractivity contribution in [2.24, 2.45) is 10.9 Å². The molecule has 5 N–H and O–H groups in total. The van der Waals surface area contributed by atoms with Gasteiger partial charge in [0.15, 0.2) is 11.9 Å². The van der Waals surface area contributed by atoms with Crippen molar-refractivity contribution >= 4 is 5.84 Å². The molecule has 0 aliphatic carbocycles. The second-order valence-corrected chi connectivity index (χ2v) is 3.68. The Bertz CT molecular complexity index is 451. The first-order valence-electron chi connectivity index (χ1n) is 5.23. The van der Waals surface area contributed by atoms with Crippen LogP contribution in [0.15, 0.2) is 23.5 Å². The minimum atomic E-state index is -4.67. The topological polar surface area (TPSA) is 104 Å². The van der Waals surface area contributed by atoms with Crippen molar-refractivity contribution < 1.29 is 23.5 Å². The fourth-order valence-electron chi connectivity index (χ4n) is 1.32. The van der Waals surface area contributed by atoms with Crippen molar-refractivity contribution in [3.05, 3.63) is 29.6 Å². The molecule has 0 spiro atoms. The largest absolute Gasteiger partial charge is 0.415 e. The van der Waals surface area contributed by atoms with Crippen LogP contribution in [-0.2, 0) is 6.54 Å². The minimum absolute atomic E-state index is 0.00741. The van der Waals surface area contributed by atoms with Gasteiger partial charge in [-0.3, -0.25) is 4.98 Å². The monoisotopic (exact) mass is 278 g/mol. The predicted molar refractivity (Wildman–Crippen MR) is 60.5 cm³/mol. The molecule has 0 bridgehead atoms. The number of nitrogens with one attached hydrogen (secondary N) is 1. The standard InChI is InChI=1S/C10H13F3N4O2/c11-10(12,13)7(18)5-15-4-6-2-1-3-16-8(6)9(14)17-19/h1-3,7,15,18-19H,4-5H2,(H2,14,17). The number of nitrogens with zero attached hydrogens (tertiary/aromatic N) is 2. The van der Waals surface area contributed by atoms with Crippen LogP contribution in [0.5, 0.6) is 0 Å². The molecule has 6 nitrogen and oxygen atoms in total. The fraction of sp³-hybridized carbons (Fsp3) is 0.400. The number of aliphatic hydroxyl groups is 1. The number of nitrogens with two attached hydrogens (primary N) is 1. The highest BCUT2D eigenvalue weighted by Crippen LogP contribution is 2.19. The number of pyridine rings is 1. The van der Waals surface area contributed by atoms with E-state index in [0.717, 1.165) is 0 Å². The molecule has 0 amide bonds. The minimum Gasteiger partial charge on any atom is -0.409 e. The van der Waals surface area contributed by atoms with Gasteiger partial charge in [0.05, 0.1) is 0 Å². The van der Waals surface area contributed by atoms with Gasteiger partial charge < -0.3 is 21.4 Å². The summed E-state index contributed by atoms with van der Waals surface area (Å²) in [7, 11) is 0. The summed E-state index contributed by atoms with van der Waals surface area (Å²) >= 11 is 0. The van der Waals surface area contributed by atoms with Crippen LogP contribution in [-0.4, -0.2) is 40.0 Å². The van der Waals surface area contributed by atoms with E-state index in [1.54, 1.807) is 12.1 Å². The summed E-state index contributed by atoms with van der Waals surface area (Å²) in [6.07, 6.45) is -5.71. The molecule has 0 aliphatic rings. The van der Waals surface area contributed by atoms with Crippen LogP contribution >= 0.6 is 0 Å². The number of aliphatic hydroxyl groups excluding tert-OH is 1. The van der Waals surface area contributed by atoms with Crippen LogP contribution in [0.4, 0.5) is 13.2 Å². The highest BCUT2D eigenvalue weighted by atomic mass is 19.4. The molecule has 0 saturated heterocycles. The van der Waals surface area contributed by atoms with Gasteiger partial charge in [-0.05, 0) is 11.6 Å². The van der Waals surface area contributed by atoms with Crippen molar-refractivity contribution in [3.63, 3.8) is 0 Å². The molecular weight excluding hydrogens is 265 g/mol. The van der Waals surface area contributed by atoms with Gasteiger partial charge in [-0.1, -0.05) is 11.2 Å². The van der Waals surface area contributed by atoms with Crippen LogP contribution in [0.2, 0.25) is 0 Å². The lowest BCUT2D eigenvalue weighted by Crippen LogP contribution is -2.38. The maximum absolute atomic E-state index is 12.1. The second kappa shape index (κ2) is 6.34. The SMILES string of the molecule is N/C(=N/O)c1ncccc1CNCC(O)C(F)(F)F. The van der Waals surface area contributed by atoms with Crippen LogP contribution in [0.25, 0.3) is 0 Å². The molecule has 1 rings (SSSR count). The maximum atomic E-state index is 12.1. The number of aromatic nitrogens is 1. The zero-order valence-electron chi connectivity index (χ0n) is 9.72. The van der Waals surface area contributed by atoms with Gasteiger partial charge in [0.25, 0.3) is 0 Å². The first-order chi connectivity index (χ1) is 8.86. The number of rotatable bonds is 5. The second-order valence-electron chi connectivity index (χ2n) is 3.68. The third-order valence-electron chi connectivity index (χ3n) is 2.27. The van der Waals surface area contributed by atoms with Gasteiger partial charge in [-0.15, -0.1) is 0 Å². The van der Waals surface area contributed by atoms with Crippen molar-refractivity contribution in [2.75, 3.05) is 6.54 Å². The predicted octanol–water partition coefficient (Wildman–Crippen LogP) is 0.189. The lowest BCUT2D eigenvalue weighted by molar-refractivity contribution is -0.201. The van der Waals surface area contributed by atoms with Gasteiger partial charge in [0.1, 0.15) is 5.69 Å². The Labute approximate surface area is 106 Å². The number of halogens is 3. The number of hydrogen-bond acceptors (Lipinski definition) is 5. The quantitative estimate of drug-likeness (QED) is 0.266. The van der Waals surface area contributed by atoms with Gasteiger partial charge in [-0.2, -0.15) is 13.2 Å². The van der Waals surface area contributed by atoms with E-state index in [2.05, 4.69) is 15.5 Å². The fourth-order valence-corrected chi connectivity index (χ4v) is 1.32. The molecule has 1 atom stereocenters. The van der Waals surface area contributed by atoms with E-state index in [-0.39, 0.29) is 18.1 Å². The Morgan fingerprint density at radius 1 is 1.53 bits per heavy atom. The summed E-state index contributed by atoms with van der Waals surface area (Å²) in [5.74, 6) is -0.242. The Balaban J connectivity index is 2.64. The number of hydrogen-bond donors (Lipinski definition) is 4. The molecule has 0 radical (unpaired) electrons. The Morgan fingerprint density at radius 3 is 2.79 bits per heavy atom. The van der Waals surface area contributed by atoms with E-state index in [1.165, 1.54) is 6.20 Å². The Hall–Kier alpha value is -1.87. The van der Waals surface area contributed by atoms with Crippen molar-refractivity contribution in [3.8, 4) is 0 Å². The third kappa shape index (κ3) is 4.38. The van der Waals surface area contributed by atoms with Crippen LogP contribution in [0, 0.1) is 0 Å². The summed E-state index contributed by atoms with van der Waals surface area (Å²) < 4.78 is 36.2. The highest BCUT2D eigenvalue weighted by Gasteiger charge is 2.37. The lowest BCUT2D eigenvalue weighted by atomic mass is 10.1. The molecule has 9 heteroatoms. The first-order valence-corrected chi connectivity index (χ1v) is 5.23. The Morgan fingerprint density at radius 2 is 2.21 bits per heavy atom. The smallest absolute Gasteiger partial charge is 0.409 e. The highest BCUT2D eigenvalue weighted by molar-refractivity contribution is 5.96. The number of alkyl halides is 3. The summed E-state index contributed by atoms with van der Waals surface area (Å²) in [5.41, 5.74) is 5.99. The summed E-state index contributed by atoms with van der Waals surface area (Å²) in [6.45, 7) is -0.666. The lowest BCUT2D eigenvalue weighted by Gasteiger charge is -2.15. The van der Waals surface area contributed by atoms with Crippen molar-refractivity contribution in [1.82, 2.24) is 10.3 Å². The molecule has 1 heterocycles. The van der Waals surface area contributed by atoms with Gasteiger partial charge in [-0.25, -0.2) is 0 Å². The number of amidine groups is 1. The van der Waals surface area contributed by atoms with E-state index < -0.39 is 18.8 Å². The average molecular weight is 278 g/mol. The van der Waals surface area contributed by atoms with Gasteiger partial charge in [0, 0.05) is 19.3 Å². The molecule has 1 unspecified atom stereocenters. The summed E-state index contributed by atoms with van der Waals surface area (Å²) in [5, 5.41) is 22.5. The summed E-state index contributed by atoms with van der Waals surface area (Å²) in [4.78, 5) is 3.86. The molecule has 0 aromatic carbocycles. The zero-order valence-corrected chi connectivity index (χ0v) is 9.72. The van der Waals surface area contributed by atoms with Crippen LogP contribution in [0.3, 0.4) is 0 Å². The third-order valence-corrected chi connectivity index (χ3v) is 2.27. The van der Waals surface area contributed by atoms with E-state index in [9.17, 15) is 13.2 Å². The zero-order chi connectivity index (χ0) is 14.5. The van der Waals surface area contributed by atoms with Gasteiger partial charge >= 0.3 is 6.18 Å². The van der Waals surface area contributed by atoms with Gasteiger partial charge in [0.2, 0.25) is 0 Å². The first kappa shape index (κ1) is 15.2. The van der Waals surface area contributed by atoms with E-state index in [4.69, 9.17) is 16.0 Å². The Kier molecular flexibility index (Phi) is 5.07. The molecule has 0 saturated carbocycles. The van der Waals surface area contributed by atoms with E-state index in [0.29, 0.717) is 5.56 Å². The van der Waals surface area contributed by atoms with E-state index in [1.807, 2.05) is 0 Å². The molecular formula is C10H13F3N4O2. The van der Waals surface area contributed by atoms with Crippen molar-refractivity contribution in [1.29, 1.82) is 0 Å². The van der Waals surface area contributed by atoms with Crippen LogP contribution in [0.1, 0.15) is 11.3 Å². The normalized spacial score (nSPS) is 14.4. The molecule has 1 aromatic heterocycles. The molecule has 19 heavy (non-hydrogen) atoms. The summed E-state index contributed by atoms with van der Waals surface area (Å²) in [6, 6.07) is 3.12. The van der Waals surface area contributed by atoms with Crippen molar-refractivity contribution in [2.45, 2.75) is 18.8 Å². The number of oxime groups is 1. The average Bonchev–Trinajstić information content (AvgIpc) is 2.37. The molecule has 106 valence electrons. The molecule has 0 aliphatic heterocycles.